The summed E-state index contributed by atoms with van der Waals surface area (Å²) in [7, 11) is 3.63. The van der Waals surface area contributed by atoms with Crippen molar-refractivity contribution < 1.29 is 0 Å². The topological polar surface area (TPSA) is 52.7 Å². The van der Waals surface area contributed by atoms with Crippen LogP contribution in [0, 0.1) is 0 Å². The third-order valence-corrected chi connectivity index (χ3v) is 10.0. The largest absolute Gasteiger partial charge is 0.328 e. The van der Waals surface area contributed by atoms with E-state index in [-0.39, 0.29) is 5.69 Å². The Morgan fingerprint density at radius 1 is 0.385 bits per heavy atom. The van der Waals surface area contributed by atoms with E-state index in [4.69, 9.17) is 9.97 Å². The number of hydrogen-bond donors (Lipinski definition) is 0. The van der Waals surface area contributed by atoms with Gasteiger partial charge in [0.2, 0.25) is 0 Å². The van der Waals surface area contributed by atoms with Crippen LogP contribution in [0.4, 0.5) is 0 Å². The van der Waals surface area contributed by atoms with E-state index in [2.05, 4.69) is 127 Å². The van der Waals surface area contributed by atoms with Crippen LogP contribution in [0.5, 0.6) is 0 Å². The Morgan fingerprint density at radius 3 is 1.52 bits per heavy atom. The smallest absolute Gasteiger partial charge is 0.295 e. The van der Waals surface area contributed by atoms with E-state index in [1.54, 1.807) is 9.13 Å². The molecule has 9 aromatic rings. The van der Waals surface area contributed by atoms with Gasteiger partial charge in [-0.2, -0.15) is 0 Å². The molecule has 0 aliphatic rings. The summed E-state index contributed by atoms with van der Waals surface area (Å²) in [6, 6.07) is 59.2. The fraction of sp³-hybridized carbons (Fsp3) is 0.0426. The van der Waals surface area contributed by atoms with Crippen molar-refractivity contribution in [1.82, 2.24) is 19.1 Å². The van der Waals surface area contributed by atoms with Gasteiger partial charge in [-0.3, -0.25) is 9.13 Å². The molecule has 52 heavy (non-hydrogen) atoms. The summed E-state index contributed by atoms with van der Waals surface area (Å²) in [5.41, 5.74) is 13.6. The molecule has 9 rings (SSSR count). The monoisotopic (exact) mass is 670 g/mol. The second-order valence-corrected chi connectivity index (χ2v) is 13.2. The SMILES string of the molecule is Cn1c(=O)n(C)c2cc(-c3ccc(-c4ccc(-c5ccc(-c6cc(-c7ccccc7)nc(-c7ccccc7)n6)c6ccccc56)cc4)cc3)ccc21. The highest BCUT2D eigenvalue weighted by Gasteiger charge is 2.15. The Bertz CT molecular complexity index is 2740. The third-order valence-electron chi connectivity index (χ3n) is 10.0. The van der Waals surface area contributed by atoms with Crippen LogP contribution in [0.25, 0.3) is 89.1 Å². The van der Waals surface area contributed by atoms with Crippen LogP contribution in [-0.4, -0.2) is 19.1 Å². The first-order valence-electron chi connectivity index (χ1n) is 17.4. The van der Waals surface area contributed by atoms with Gasteiger partial charge in [0, 0.05) is 30.8 Å². The van der Waals surface area contributed by atoms with Crippen molar-refractivity contribution in [3.8, 4) is 67.3 Å². The number of aryl methyl sites for hydroxylation is 2. The van der Waals surface area contributed by atoms with Crippen LogP contribution in [0.15, 0.2) is 175 Å². The maximum atomic E-state index is 12.4. The molecule has 0 aliphatic carbocycles. The number of fused-ring (bicyclic) bond motifs is 2. The number of hydrogen-bond acceptors (Lipinski definition) is 3. The molecule has 0 saturated heterocycles. The van der Waals surface area contributed by atoms with Gasteiger partial charge < -0.3 is 0 Å². The standard InChI is InChI=1S/C47H34N4O/c1-50-44-28-25-37(29-45(44)51(2)47(50)52)33-19-17-31(18-20-33)32-21-23-34(24-22-32)38-26-27-41(40-16-10-9-15-39(38)40)43-30-42(35-11-5-3-6-12-35)48-46(49-43)36-13-7-4-8-14-36/h3-30H,1-2H3. The Morgan fingerprint density at radius 2 is 0.865 bits per heavy atom. The summed E-state index contributed by atoms with van der Waals surface area (Å²) in [5, 5.41) is 2.32. The van der Waals surface area contributed by atoms with E-state index in [0.717, 1.165) is 72.3 Å². The van der Waals surface area contributed by atoms with Gasteiger partial charge >= 0.3 is 5.69 Å². The average Bonchev–Trinajstić information content (AvgIpc) is 3.43. The minimum atomic E-state index is -0.0181. The molecule has 0 spiro atoms. The maximum Gasteiger partial charge on any atom is 0.328 e. The highest BCUT2D eigenvalue weighted by atomic mass is 16.1. The van der Waals surface area contributed by atoms with Crippen LogP contribution in [0.2, 0.25) is 0 Å². The molecule has 0 fully saturated rings. The van der Waals surface area contributed by atoms with Gasteiger partial charge in [0.25, 0.3) is 0 Å². The summed E-state index contributed by atoms with van der Waals surface area (Å²) in [5.74, 6) is 0.706. The quantitative estimate of drug-likeness (QED) is 0.177. The number of nitrogens with zero attached hydrogens (tertiary/aromatic N) is 4. The van der Waals surface area contributed by atoms with Gasteiger partial charge in [0.15, 0.2) is 5.82 Å². The average molecular weight is 671 g/mol. The Kier molecular flexibility index (Phi) is 7.67. The highest BCUT2D eigenvalue weighted by molar-refractivity contribution is 6.05. The van der Waals surface area contributed by atoms with Gasteiger partial charge in [0.1, 0.15) is 0 Å². The van der Waals surface area contributed by atoms with Gasteiger partial charge in [-0.25, -0.2) is 14.8 Å². The molecular weight excluding hydrogens is 637 g/mol. The van der Waals surface area contributed by atoms with Crippen LogP contribution >= 0.6 is 0 Å². The molecular formula is C47H34N4O. The third kappa shape index (κ3) is 5.49. The van der Waals surface area contributed by atoms with E-state index in [9.17, 15) is 4.79 Å². The van der Waals surface area contributed by atoms with E-state index in [1.807, 2.05) is 56.6 Å². The van der Waals surface area contributed by atoms with Crippen molar-refractivity contribution in [2.75, 3.05) is 0 Å². The fourth-order valence-corrected chi connectivity index (χ4v) is 7.22. The minimum absolute atomic E-state index is 0.0181. The zero-order valence-electron chi connectivity index (χ0n) is 28.9. The zero-order valence-corrected chi connectivity index (χ0v) is 28.9. The van der Waals surface area contributed by atoms with Crippen molar-refractivity contribution >= 4 is 21.8 Å². The summed E-state index contributed by atoms with van der Waals surface area (Å²) < 4.78 is 3.38. The molecule has 0 bridgehead atoms. The van der Waals surface area contributed by atoms with Crippen LogP contribution in [0.1, 0.15) is 0 Å². The van der Waals surface area contributed by atoms with Crippen LogP contribution in [0.3, 0.4) is 0 Å². The molecule has 2 heterocycles. The molecule has 5 heteroatoms. The Hall–Kier alpha value is -6.85. The first kappa shape index (κ1) is 31.2. The first-order chi connectivity index (χ1) is 25.5. The van der Waals surface area contributed by atoms with Gasteiger partial charge in [-0.1, -0.05) is 152 Å². The molecule has 0 N–H and O–H groups in total. The Labute approximate surface area is 301 Å². The van der Waals surface area contributed by atoms with E-state index < -0.39 is 0 Å². The molecule has 0 aliphatic heterocycles. The second kappa shape index (κ2) is 12.8. The maximum absolute atomic E-state index is 12.4. The number of rotatable bonds is 6. The lowest BCUT2D eigenvalue weighted by molar-refractivity contribution is 0.795. The molecule has 0 unspecified atom stereocenters. The van der Waals surface area contributed by atoms with Crippen molar-refractivity contribution in [2.24, 2.45) is 14.1 Å². The lowest BCUT2D eigenvalue weighted by atomic mass is 9.92. The first-order valence-corrected chi connectivity index (χ1v) is 17.4. The predicted molar refractivity (Wildman–Crippen MR) is 214 cm³/mol. The van der Waals surface area contributed by atoms with Gasteiger partial charge in [-0.15, -0.1) is 0 Å². The number of aromatic nitrogens is 4. The lowest BCUT2D eigenvalue weighted by Crippen LogP contribution is -2.19. The summed E-state index contributed by atoms with van der Waals surface area (Å²) in [6.45, 7) is 0. The molecule has 2 aromatic heterocycles. The lowest BCUT2D eigenvalue weighted by Gasteiger charge is -2.14. The normalized spacial score (nSPS) is 11.3. The van der Waals surface area contributed by atoms with Crippen molar-refractivity contribution in [3.05, 3.63) is 180 Å². The zero-order chi connectivity index (χ0) is 35.2. The summed E-state index contributed by atoms with van der Waals surface area (Å²) in [4.78, 5) is 22.5. The number of benzene rings is 7. The van der Waals surface area contributed by atoms with Crippen LogP contribution in [-0.2, 0) is 14.1 Å². The van der Waals surface area contributed by atoms with Gasteiger partial charge in [0.05, 0.1) is 22.4 Å². The molecule has 7 aromatic carbocycles. The fourth-order valence-electron chi connectivity index (χ4n) is 7.22. The van der Waals surface area contributed by atoms with E-state index in [1.165, 1.54) is 10.9 Å². The van der Waals surface area contributed by atoms with Crippen molar-refractivity contribution in [1.29, 1.82) is 0 Å². The van der Waals surface area contributed by atoms with Crippen molar-refractivity contribution in [3.63, 3.8) is 0 Å². The summed E-state index contributed by atoms with van der Waals surface area (Å²) >= 11 is 0. The molecule has 0 atom stereocenters. The highest BCUT2D eigenvalue weighted by Crippen LogP contribution is 2.37. The van der Waals surface area contributed by atoms with Gasteiger partial charge in [-0.05, 0) is 62.4 Å². The molecule has 0 saturated carbocycles. The molecule has 5 nitrogen and oxygen atoms in total. The van der Waals surface area contributed by atoms with Crippen molar-refractivity contribution in [2.45, 2.75) is 0 Å². The number of imidazole rings is 1. The van der Waals surface area contributed by atoms with E-state index in [0.29, 0.717) is 5.82 Å². The summed E-state index contributed by atoms with van der Waals surface area (Å²) in [6.07, 6.45) is 0. The molecule has 0 radical (unpaired) electrons. The van der Waals surface area contributed by atoms with E-state index >= 15 is 0 Å². The molecule has 248 valence electrons. The minimum Gasteiger partial charge on any atom is -0.295 e. The second-order valence-electron chi connectivity index (χ2n) is 13.2. The Balaban J connectivity index is 1.05. The van der Waals surface area contributed by atoms with Crippen LogP contribution < -0.4 is 5.69 Å². The predicted octanol–water partition coefficient (Wildman–Crippen LogP) is 10.8. The molecule has 0 amide bonds.